The first-order valence-corrected chi connectivity index (χ1v) is 10.7. The summed E-state index contributed by atoms with van der Waals surface area (Å²) in [5.74, 6) is -2.24. The van der Waals surface area contributed by atoms with Crippen molar-refractivity contribution in [3.63, 3.8) is 0 Å². The number of anilines is 2. The van der Waals surface area contributed by atoms with E-state index in [-0.39, 0.29) is 33.3 Å². The maximum absolute atomic E-state index is 14.2. The molecule has 0 saturated heterocycles. The minimum Gasteiger partial charge on any atom is -0.321 e. The van der Waals surface area contributed by atoms with E-state index in [2.05, 4.69) is 10.6 Å². The Bertz CT molecular complexity index is 1390. The fourth-order valence-electron chi connectivity index (χ4n) is 3.37. The van der Waals surface area contributed by atoms with Crippen LogP contribution in [-0.2, 0) is 0 Å². The van der Waals surface area contributed by atoms with Gasteiger partial charge in [0.2, 0.25) is 0 Å². The van der Waals surface area contributed by atoms with E-state index < -0.39 is 17.5 Å². The Kier molecular flexibility index (Phi) is 6.80. The van der Waals surface area contributed by atoms with Crippen molar-refractivity contribution in [1.29, 1.82) is 0 Å². The van der Waals surface area contributed by atoms with Crippen LogP contribution < -0.4 is 10.6 Å². The summed E-state index contributed by atoms with van der Waals surface area (Å²) in [6.45, 7) is 0. The van der Waals surface area contributed by atoms with E-state index >= 15 is 0 Å². The van der Waals surface area contributed by atoms with Crippen LogP contribution in [0.4, 0.5) is 15.8 Å². The average Bonchev–Trinajstić information content (AvgIpc) is 2.86. The van der Waals surface area contributed by atoms with Gasteiger partial charge in [0.15, 0.2) is 5.78 Å². The SMILES string of the molecule is O=C(Nc1ccccc1C(=O)Nc1ccc(Cl)cc1C(=O)c1ccccc1F)c1ccccc1. The summed E-state index contributed by atoms with van der Waals surface area (Å²) in [6.07, 6.45) is 0. The Labute approximate surface area is 200 Å². The maximum atomic E-state index is 14.2. The van der Waals surface area contributed by atoms with Crippen molar-refractivity contribution in [3.8, 4) is 0 Å². The third kappa shape index (κ3) is 5.03. The molecule has 2 N–H and O–H groups in total. The Morgan fingerprint density at radius 1 is 0.618 bits per heavy atom. The zero-order valence-electron chi connectivity index (χ0n) is 17.7. The monoisotopic (exact) mass is 472 g/mol. The summed E-state index contributed by atoms with van der Waals surface area (Å²) in [4.78, 5) is 38.7. The first-order chi connectivity index (χ1) is 16.4. The molecule has 0 atom stereocenters. The number of amides is 2. The quantitative estimate of drug-likeness (QED) is 0.327. The molecule has 0 saturated carbocycles. The van der Waals surface area contributed by atoms with Crippen LogP contribution in [0.3, 0.4) is 0 Å². The van der Waals surface area contributed by atoms with Gasteiger partial charge in [0.1, 0.15) is 5.82 Å². The van der Waals surface area contributed by atoms with Crippen molar-refractivity contribution in [2.45, 2.75) is 0 Å². The van der Waals surface area contributed by atoms with E-state index in [0.29, 0.717) is 11.3 Å². The molecule has 0 aromatic heterocycles. The molecule has 0 spiro atoms. The van der Waals surface area contributed by atoms with E-state index in [1.54, 1.807) is 60.7 Å². The van der Waals surface area contributed by atoms with Gasteiger partial charge >= 0.3 is 0 Å². The van der Waals surface area contributed by atoms with E-state index in [1.165, 1.54) is 36.4 Å². The number of hydrogen-bond acceptors (Lipinski definition) is 3. The lowest BCUT2D eigenvalue weighted by atomic mass is 10.0. The molecule has 0 aliphatic rings. The molecular weight excluding hydrogens is 455 g/mol. The van der Waals surface area contributed by atoms with Crippen molar-refractivity contribution < 1.29 is 18.8 Å². The van der Waals surface area contributed by atoms with Crippen molar-refractivity contribution in [2.24, 2.45) is 0 Å². The van der Waals surface area contributed by atoms with Gasteiger partial charge in [-0.1, -0.05) is 54.1 Å². The van der Waals surface area contributed by atoms with Crippen molar-refractivity contribution in [1.82, 2.24) is 0 Å². The highest BCUT2D eigenvalue weighted by atomic mass is 35.5. The minimum absolute atomic E-state index is 0.0387. The summed E-state index contributed by atoms with van der Waals surface area (Å²) >= 11 is 6.08. The number of carbonyl (C=O) groups excluding carboxylic acids is 3. The molecule has 0 fully saturated rings. The summed E-state index contributed by atoms with van der Waals surface area (Å²) in [7, 11) is 0. The molecule has 0 radical (unpaired) electrons. The van der Waals surface area contributed by atoms with Crippen LogP contribution >= 0.6 is 11.6 Å². The van der Waals surface area contributed by atoms with Crippen molar-refractivity contribution in [3.05, 3.63) is 130 Å². The molecule has 34 heavy (non-hydrogen) atoms. The molecule has 168 valence electrons. The average molecular weight is 473 g/mol. The fraction of sp³-hybridized carbons (Fsp3) is 0. The molecular formula is C27H18ClFN2O3. The highest BCUT2D eigenvalue weighted by Gasteiger charge is 2.20. The lowest BCUT2D eigenvalue weighted by Gasteiger charge is -2.14. The predicted octanol–water partition coefficient (Wildman–Crippen LogP) is 6.21. The van der Waals surface area contributed by atoms with Gasteiger partial charge in [-0.05, 0) is 54.6 Å². The number of hydrogen-bond donors (Lipinski definition) is 2. The highest BCUT2D eigenvalue weighted by Crippen LogP contribution is 2.26. The third-order valence-electron chi connectivity index (χ3n) is 5.05. The lowest BCUT2D eigenvalue weighted by Crippen LogP contribution is -2.19. The van der Waals surface area contributed by atoms with Gasteiger partial charge in [0, 0.05) is 16.1 Å². The fourth-order valence-corrected chi connectivity index (χ4v) is 3.54. The molecule has 0 aliphatic heterocycles. The number of halogens is 2. The van der Waals surface area contributed by atoms with Crippen molar-refractivity contribution in [2.75, 3.05) is 10.6 Å². The van der Waals surface area contributed by atoms with Gasteiger partial charge in [0.05, 0.1) is 22.5 Å². The minimum atomic E-state index is -0.682. The maximum Gasteiger partial charge on any atom is 0.257 e. The van der Waals surface area contributed by atoms with Crippen LogP contribution in [0.15, 0.2) is 97.1 Å². The Morgan fingerprint density at radius 2 is 1.21 bits per heavy atom. The number of rotatable bonds is 6. The van der Waals surface area contributed by atoms with E-state index in [9.17, 15) is 18.8 Å². The van der Waals surface area contributed by atoms with Crippen LogP contribution in [0, 0.1) is 5.82 Å². The van der Waals surface area contributed by atoms with E-state index in [1.807, 2.05) is 0 Å². The highest BCUT2D eigenvalue weighted by molar-refractivity contribution is 6.31. The molecule has 2 amide bonds. The van der Waals surface area contributed by atoms with Crippen LogP contribution in [-0.4, -0.2) is 17.6 Å². The third-order valence-corrected chi connectivity index (χ3v) is 5.28. The van der Waals surface area contributed by atoms with Gasteiger partial charge in [0.25, 0.3) is 11.8 Å². The first-order valence-electron chi connectivity index (χ1n) is 10.3. The van der Waals surface area contributed by atoms with Gasteiger partial charge in [-0.15, -0.1) is 0 Å². The molecule has 0 unspecified atom stereocenters. The zero-order valence-corrected chi connectivity index (χ0v) is 18.5. The Balaban J connectivity index is 1.63. The van der Waals surface area contributed by atoms with Crippen LogP contribution in [0.25, 0.3) is 0 Å². The molecule has 0 bridgehead atoms. The number of nitrogens with one attached hydrogen (secondary N) is 2. The topological polar surface area (TPSA) is 75.3 Å². The van der Waals surface area contributed by atoms with Crippen LogP contribution in [0.5, 0.6) is 0 Å². The standard InChI is InChI=1S/C27H18ClFN2O3/c28-18-14-15-24(21(16-18)25(32)19-10-4-6-12-22(19)29)31-27(34)20-11-5-7-13-23(20)30-26(33)17-8-2-1-3-9-17/h1-16H,(H,30,33)(H,31,34). The van der Waals surface area contributed by atoms with Crippen molar-refractivity contribution >= 4 is 40.6 Å². The molecule has 5 nitrogen and oxygen atoms in total. The first kappa shape index (κ1) is 22.9. The second-order valence-corrected chi connectivity index (χ2v) is 7.76. The van der Waals surface area contributed by atoms with Gasteiger partial charge < -0.3 is 10.6 Å². The van der Waals surface area contributed by atoms with Crippen LogP contribution in [0.2, 0.25) is 5.02 Å². The molecule has 4 rings (SSSR count). The molecule has 4 aromatic carbocycles. The van der Waals surface area contributed by atoms with E-state index in [0.717, 1.165) is 0 Å². The molecule has 7 heteroatoms. The largest absolute Gasteiger partial charge is 0.321 e. The van der Waals surface area contributed by atoms with Gasteiger partial charge in [-0.3, -0.25) is 14.4 Å². The second-order valence-electron chi connectivity index (χ2n) is 7.32. The summed E-state index contributed by atoms with van der Waals surface area (Å²) < 4.78 is 14.2. The number of benzene rings is 4. The summed E-state index contributed by atoms with van der Waals surface area (Å²) in [5.41, 5.74) is 0.975. The second kappa shape index (κ2) is 10.1. The molecule has 4 aromatic rings. The van der Waals surface area contributed by atoms with Crippen LogP contribution in [0.1, 0.15) is 36.6 Å². The van der Waals surface area contributed by atoms with Gasteiger partial charge in [-0.2, -0.15) is 0 Å². The Morgan fingerprint density at radius 3 is 1.94 bits per heavy atom. The zero-order chi connectivity index (χ0) is 24.1. The number of para-hydroxylation sites is 1. The summed E-state index contributed by atoms with van der Waals surface area (Å²) in [6, 6.07) is 25.0. The summed E-state index contributed by atoms with van der Waals surface area (Å²) in [5, 5.41) is 5.68. The molecule has 0 heterocycles. The smallest absolute Gasteiger partial charge is 0.257 e. The Hall–Kier alpha value is -4.29. The van der Waals surface area contributed by atoms with E-state index in [4.69, 9.17) is 11.6 Å². The lowest BCUT2D eigenvalue weighted by molar-refractivity contribution is 0.102. The van der Waals surface area contributed by atoms with Gasteiger partial charge in [-0.25, -0.2) is 4.39 Å². The number of carbonyl (C=O) groups is 3. The molecule has 0 aliphatic carbocycles. The number of ketones is 1. The normalized spacial score (nSPS) is 10.4. The predicted molar refractivity (Wildman–Crippen MR) is 130 cm³/mol.